The summed E-state index contributed by atoms with van der Waals surface area (Å²) in [6.45, 7) is 1.95. The van der Waals surface area contributed by atoms with Gasteiger partial charge in [0.2, 0.25) is 10.0 Å². The molecule has 3 aliphatic rings. The number of carbonyl (C=O) groups is 2. The van der Waals surface area contributed by atoms with Crippen LogP contribution in [-0.2, 0) is 19.6 Å². The number of nitrogens with zero attached hydrogens (tertiary/aromatic N) is 2. The van der Waals surface area contributed by atoms with Crippen molar-refractivity contribution >= 4 is 21.9 Å². The van der Waals surface area contributed by atoms with Gasteiger partial charge in [-0.15, -0.1) is 0 Å². The molecule has 2 aliphatic carbocycles. The standard InChI is InChI=1S/C25H34N2O6S/c1-18-8-6-7-15-26(18)34(30,31)23-16-19(11-14-22(23)32-2)25(29)33-17-24(28)27(21-12-13-21)20-9-4-3-5-10-20/h9,11,14,16,18,21H,3-8,10,12-13,15,17H2,1-2H3/t18-/m0/s1. The molecule has 1 heterocycles. The molecule has 2 fully saturated rings. The monoisotopic (exact) mass is 490 g/mol. The predicted molar refractivity (Wildman–Crippen MR) is 127 cm³/mol. The fourth-order valence-electron chi connectivity index (χ4n) is 4.81. The van der Waals surface area contributed by atoms with Crippen molar-refractivity contribution in [1.29, 1.82) is 0 Å². The van der Waals surface area contributed by atoms with Crippen molar-refractivity contribution in [3.05, 3.63) is 35.5 Å². The number of esters is 1. The molecule has 9 heteroatoms. The molecule has 0 aromatic heterocycles. The zero-order chi connectivity index (χ0) is 24.3. The van der Waals surface area contributed by atoms with Crippen LogP contribution in [0.25, 0.3) is 0 Å². The molecule has 8 nitrogen and oxygen atoms in total. The van der Waals surface area contributed by atoms with E-state index in [1.54, 1.807) is 4.90 Å². The average molecular weight is 491 g/mol. The van der Waals surface area contributed by atoms with E-state index in [0.717, 1.165) is 63.5 Å². The van der Waals surface area contributed by atoms with Crippen LogP contribution in [0.5, 0.6) is 5.75 Å². The zero-order valence-electron chi connectivity index (χ0n) is 20.0. The van der Waals surface area contributed by atoms with Crippen molar-refractivity contribution in [2.24, 2.45) is 0 Å². The van der Waals surface area contributed by atoms with Crippen molar-refractivity contribution in [1.82, 2.24) is 9.21 Å². The van der Waals surface area contributed by atoms with Gasteiger partial charge in [-0.05, 0) is 76.5 Å². The quantitative estimate of drug-likeness (QED) is 0.514. The fraction of sp³-hybridized carbons (Fsp3) is 0.600. The Kier molecular flexibility index (Phi) is 7.62. The molecular weight excluding hydrogens is 456 g/mol. The molecule has 34 heavy (non-hydrogen) atoms. The van der Waals surface area contributed by atoms with Gasteiger partial charge in [0.15, 0.2) is 6.61 Å². The summed E-state index contributed by atoms with van der Waals surface area (Å²) in [6, 6.07) is 4.29. The number of carbonyl (C=O) groups excluding carboxylic acids is 2. The molecular formula is C25H34N2O6S. The Morgan fingerprint density at radius 1 is 1.12 bits per heavy atom. The maximum Gasteiger partial charge on any atom is 0.338 e. The molecule has 4 rings (SSSR count). The predicted octanol–water partition coefficient (Wildman–Crippen LogP) is 3.86. The summed E-state index contributed by atoms with van der Waals surface area (Å²) in [5, 5.41) is 0. The first kappa shape index (κ1) is 24.7. The highest BCUT2D eigenvalue weighted by Crippen LogP contribution is 2.34. The number of rotatable bonds is 8. The summed E-state index contributed by atoms with van der Waals surface area (Å²) in [6.07, 6.45) is 10.6. The summed E-state index contributed by atoms with van der Waals surface area (Å²) in [5.74, 6) is -0.783. The summed E-state index contributed by atoms with van der Waals surface area (Å²) in [7, 11) is -2.45. The number of amides is 1. The third-order valence-electron chi connectivity index (χ3n) is 6.81. The van der Waals surface area contributed by atoms with Crippen molar-refractivity contribution in [3.63, 3.8) is 0 Å². The molecule has 1 aliphatic heterocycles. The first-order valence-corrected chi connectivity index (χ1v) is 13.6. The second kappa shape index (κ2) is 10.5. The van der Waals surface area contributed by atoms with E-state index in [4.69, 9.17) is 9.47 Å². The van der Waals surface area contributed by atoms with Gasteiger partial charge < -0.3 is 14.4 Å². The molecule has 1 amide bonds. The van der Waals surface area contributed by atoms with Crippen molar-refractivity contribution in [2.75, 3.05) is 20.3 Å². The maximum atomic E-state index is 13.4. The Hall–Kier alpha value is -2.39. The van der Waals surface area contributed by atoms with E-state index in [0.29, 0.717) is 6.54 Å². The summed E-state index contributed by atoms with van der Waals surface area (Å²) < 4.78 is 38.9. The third-order valence-corrected chi connectivity index (χ3v) is 8.85. The van der Waals surface area contributed by atoms with Gasteiger partial charge in [-0.1, -0.05) is 12.5 Å². The third kappa shape index (κ3) is 5.30. The number of allylic oxidation sites excluding steroid dienone is 2. The van der Waals surface area contributed by atoms with Gasteiger partial charge in [0.05, 0.1) is 12.7 Å². The number of hydrogen-bond donors (Lipinski definition) is 0. The Morgan fingerprint density at radius 3 is 2.56 bits per heavy atom. The summed E-state index contributed by atoms with van der Waals surface area (Å²) >= 11 is 0. The molecule has 1 saturated heterocycles. The molecule has 1 aromatic carbocycles. The fourth-order valence-corrected chi connectivity index (χ4v) is 6.69. The summed E-state index contributed by atoms with van der Waals surface area (Å²) in [4.78, 5) is 27.5. The molecule has 0 unspecified atom stereocenters. The lowest BCUT2D eigenvalue weighted by Gasteiger charge is -2.32. The topological polar surface area (TPSA) is 93.2 Å². The number of sulfonamides is 1. The number of piperidine rings is 1. The van der Waals surface area contributed by atoms with Gasteiger partial charge in [0, 0.05) is 24.3 Å². The van der Waals surface area contributed by atoms with Crippen LogP contribution >= 0.6 is 0 Å². The molecule has 0 N–H and O–H groups in total. The van der Waals surface area contributed by atoms with E-state index < -0.39 is 16.0 Å². The Morgan fingerprint density at radius 2 is 1.91 bits per heavy atom. The van der Waals surface area contributed by atoms with Crippen molar-refractivity contribution in [2.45, 2.75) is 81.7 Å². The lowest BCUT2D eigenvalue weighted by atomic mass is 10.0. The molecule has 0 radical (unpaired) electrons. The van der Waals surface area contributed by atoms with E-state index in [1.807, 2.05) is 6.92 Å². The highest BCUT2D eigenvalue weighted by atomic mass is 32.2. The van der Waals surface area contributed by atoms with Gasteiger partial charge in [-0.2, -0.15) is 4.31 Å². The van der Waals surface area contributed by atoms with Crippen LogP contribution in [0.2, 0.25) is 0 Å². The van der Waals surface area contributed by atoms with Gasteiger partial charge in [0.1, 0.15) is 10.6 Å². The molecule has 186 valence electrons. The van der Waals surface area contributed by atoms with E-state index >= 15 is 0 Å². The van der Waals surface area contributed by atoms with Crippen LogP contribution in [0, 0.1) is 0 Å². The van der Waals surface area contributed by atoms with Crippen LogP contribution in [0.3, 0.4) is 0 Å². The normalized spacial score (nSPS) is 21.5. The minimum absolute atomic E-state index is 0.0588. The largest absolute Gasteiger partial charge is 0.495 e. The second-order valence-electron chi connectivity index (χ2n) is 9.34. The van der Waals surface area contributed by atoms with Crippen LogP contribution in [0.4, 0.5) is 0 Å². The van der Waals surface area contributed by atoms with Gasteiger partial charge >= 0.3 is 5.97 Å². The Balaban J connectivity index is 1.49. The van der Waals surface area contributed by atoms with Gasteiger partial charge in [-0.3, -0.25) is 4.79 Å². The first-order valence-electron chi connectivity index (χ1n) is 12.2. The lowest BCUT2D eigenvalue weighted by molar-refractivity contribution is -0.133. The van der Waals surface area contributed by atoms with Crippen molar-refractivity contribution < 1.29 is 27.5 Å². The highest BCUT2D eigenvalue weighted by molar-refractivity contribution is 7.89. The molecule has 0 bridgehead atoms. The lowest BCUT2D eigenvalue weighted by Crippen LogP contribution is -2.42. The average Bonchev–Trinajstić information content (AvgIpc) is 3.68. The van der Waals surface area contributed by atoms with Crippen LogP contribution in [-0.4, -0.2) is 61.8 Å². The first-order chi connectivity index (χ1) is 16.3. The van der Waals surface area contributed by atoms with Crippen LogP contribution in [0.1, 0.15) is 75.1 Å². The highest BCUT2D eigenvalue weighted by Gasteiger charge is 2.36. The maximum absolute atomic E-state index is 13.4. The van der Waals surface area contributed by atoms with E-state index in [1.165, 1.54) is 29.6 Å². The van der Waals surface area contributed by atoms with E-state index in [2.05, 4.69) is 6.08 Å². The number of hydrogen-bond acceptors (Lipinski definition) is 6. The second-order valence-corrected chi connectivity index (χ2v) is 11.2. The van der Waals surface area contributed by atoms with E-state index in [9.17, 15) is 18.0 Å². The Bertz CT molecular complexity index is 1060. The summed E-state index contributed by atoms with van der Waals surface area (Å²) in [5.41, 5.74) is 1.11. The molecule has 1 aromatic rings. The molecule has 1 saturated carbocycles. The van der Waals surface area contributed by atoms with Crippen LogP contribution < -0.4 is 4.74 Å². The number of methoxy groups -OCH3 is 1. The zero-order valence-corrected chi connectivity index (χ0v) is 20.8. The van der Waals surface area contributed by atoms with Gasteiger partial charge in [0.25, 0.3) is 5.91 Å². The van der Waals surface area contributed by atoms with E-state index in [-0.39, 0.29) is 40.8 Å². The minimum Gasteiger partial charge on any atom is -0.495 e. The van der Waals surface area contributed by atoms with Crippen molar-refractivity contribution in [3.8, 4) is 5.75 Å². The van der Waals surface area contributed by atoms with Crippen LogP contribution in [0.15, 0.2) is 34.9 Å². The smallest absolute Gasteiger partial charge is 0.338 e. The number of benzene rings is 1. The SMILES string of the molecule is COc1ccc(C(=O)OCC(=O)N(C2=CCCCC2)C2CC2)cc1S(=O)(=O)N1CCCC[C@@H]1C. The molecule has 1 atom stereocenters. The Labute approximate surface area is 201 Å². The molecule has 0 spiro atoms. The van der Waals surface area contributed by atoms with Gasteiger partial charge in [-0.25, -0.2) is 13.2 Å². The minimum atomic E-state index is -3.85. The number of ether oxygens (including phenoxy) is 2.